The maximum Gasteiger partial charge on any atom is 0.264 e. The van der Waals surface area contributed by atoms with E-state index in [-0.39, 0.29) is 29.5 Å². The topological polar surface area (TPSA) is 105 Å². The van der Waals surface area contributed by atoms with Crippen molar-refractivity contribution in [3.05, 3.63) is 114 Å². The Bertz CT molecular complexity index is 1770. The van der Waals surface area contributed by atoms with Crippen LogP contribution in [0.15, 0.2) is 113 Å². The molecule has 4 aromatic carbocycles. The van der Waals surface area contributed by atoms with Gasteiger partial charge in [0.15, 0.2) is 0 Å². The summed E-state index contributed by atoms with van der Waals surface area (Å²) < 4.78 is 41.3. The molecule has 4 rings (SSSR count). The first-order chi connectivity index (χ1) is 23.7. The van der Waals surface area contributed by atoms with Crippen LogP contribution in [-0.4, -0.2) is 64.2 Å². The normalized spacial score (nSPS) is 11.8. The fraction of sp³-hybridized carbons (Fsp3) is 0.316. The maximum absolute atomic E-state index is 14.8. The second kappa shape index (κ2) is 18.3. The number of hydrogen-bond acceptors (Lipinski definition) is 7. The number of carbonyl (C=O) groups is 2. The number of ether oxygens (including phenoxy) is 2. The molecule has 11 heteroatoms. The van der Waals surface area contributed by atoms with E-state index >= 15 is 0 Å². The van der Waals surface area contributed by atoms with Gasteiger partial charge in [-0.1, -0.05) is 67.9 Å². The lowest BCUT2D eigenvalue weighted by Crippen LogP contribution is -2.53. The summed E-state index contributed by atoms with van der Waals surface area (Å²) in [5, 5.41) is 3.01. The molecule has 0 radical (unpaired) electrons. The molecule has 260 valence electrons. The average molecular weight is 704 g/mol. The Kier molecular flexibility index (Phi) is 14.0. The third-order valence-electron chi connectivity index (χ3n) is 7.95. The fourth-order valence-corrected chi connectivity index (χ4v) is 7.19. The molecular formula is C38H45N3O6S2. The summed E-state index contributed by atoms with van der Waals surface area (Å²) in [5.74, 6) is 0.0513. The lowest BCUT2D eigenvalue weighted by atomic mass is 10.0. The van der Waals surface area contributed by atoms with Crippen LogP contribution in [0, 0.1) is 0 Å². The highest BCUT2D eigenvalue weighted by molar-refractivity contribution is 7.98. The van der Waals surface area contributed by atoms with Gasteiger partial charge in [-0.05, 0) is 79.3 Å². The molecule has 1 unspecified atom stereocenters. The standard InChI is InChI=1S/C38H45N3O6S2/c1-5-7-24-39-38(43)35(26-29-14-9-8-10-15-29)40(27-30-16-13-17-31(25-30)46-3)37(42)28-41(34-18-11-12-19-36(34)47-6-2)49(44,45)33-22-20-32(48-4)21-23-33/h8-23,25,35H,5-7,24,26-28H2,1-4H3,(H,39,43). The number of sulfonamides is 1. The molecule has 0 spiro atoms. The molecule has 0 aliphatic rings. The number of nitrogens with one attached hydrogen (secondary N) is 1. The van der Waals surface area contributed by atoms with Gasteiger partial charge in [0.1, 0.15) is 24.1 Å². The highest BCUT2D eigenvalue weighted by Gasteiger charge is 2.35. The Morgan fingerprint density at radius 3 is 2.24 bits per heavy atom. The summed E-state index contributed by atoms with van der Waals surface area (Å²) in [6.45, 7) is 4.06. The zero-order chi connectivity index (χ0) is 35.2. The van der Waals surface area contributed by atoms with Crippen LogP contribution < -0.4 is 19.1 Å². The summed E-state index contributed by atoms with van der Waals surface area (Å²) in [5.41, 5.74) is 1.81. The van der Waals surface area contributed by atoms with Gasteiger partial charge in [-0.3, -0.25) is 13.9 Å². The average Bonchev–Trinajstić information content (AvgIpc) is 3.13. The van der Waals surface area contributed by atoms with E-state index in [9.17, 15) is 18.0 Å². The van der Waals surface area contributed by atoms with Gasteiger partial charge in [0.05, 0.1) is 24.3 Å². The molecule has 0 aliphatic heterocycles. The number of unbranched alkanes of at least 4 members (excludes halogenated alkanes) is 1. The molecule has 0 saturated heterocycles. The number of benzene rings is 4. The lowest BCUT2D eigenvalue weighted by molar-refractivity contribution is -0.140. The van der Waals surface area contributed by atoms with E-state index in [1.807, 2.05) is 62.6 Å². The zero-order valence-electron chi connectivity index (χ0n) is 28.5. The Labute approximate surface area is 294 Å². The van der Waals surface area contributed by atoms with Gasteiger partial charge in [-0.25, -0.2) is 8.42 Å². The van der Waals surface area contributed by atoms with E-state index in [2.05, 4.69) is 5.32 Å². The number of rotatable bonds is 18. The van der Waals surface area contributed by atoms with Gasteiger partial charge in [-0.15, -0.1) is 11.8 Å². The Morgan fingerprint density at radius 2 is 1.57 bits per heavy atom. The minimum Gasteiger partial charge on any atom is -0.497 e. The summed E-state index contributed by atoms with van der Waals surface area (Å²) in [4.78, 5) is 31.1. The molecule has 1 N–H and O–H groups in total. The van der Waals surface area contributed by atoms with Crippen LogP contribution in [0.3, 0.4) is 0 Å². The molecule has 2 amide bonds. The Morgan fingerprint density at radius 1 is 0.878 bits per heavy atom. The first kappa shape index (κ1) is 37.3. The summed E-state index contributed by atoms with van der Waals surface area (Å²) >= 11 is 1.50. The monoisotopic (exact) mass is 703 g/mol. The minimum atomic E-state index is -4.28. The number of carbonyl (C=O) groups excluding carboxylic acids is 2. The molecule has 0 fully saturated rings. The van der Waals surface area contributed by atoms with Crippen LogP contribution in [-0.2, 0) is 32.6 Å². The third-order valence-corrected chi connectivity index (χ3v) is 10.5. The minimum absolute atomic E-state index is 0.0295. The molecule has 0 aliphatic carbocycles. The number of anilines is 1. The largest absolute Gasteiger partial charge is 0.497 e. The van der Waals surface area contributed by atoms with E-state index < -0.39 is 28.5 Å². The summed E-state index contributed by atoms with van der Waals surface area (Å²) in [6.07, 6.45) is 3.81. The number of hydrogen-bond donors (Lipinski definition) is 1. The second-order valence-corrected chi connectivity index (χ2v) is 14.1. The first-order valence-corrected chi connectivity index (χ1v) is 19.0. The lowest BCUT2D eigenvalue weighted by Gasteiger charge is -2.34. The maximum atomic E-state index is 14.8. The van der Waals surface area contributed by atoms with Crippen molar-refractivity contribution < 1.29 is 27.5 Å². The van der Waals surface area contributed by atoms with Crippen LogP contribution in [0.1, 0.15) is 37.8 Å². The van der Waals surface area contributed by atoms with Crippen LogP contribution in [0.5, 0.6) is 11.5 Å². The molecule has 0 bridgehead atoms. The second-order valence-electron chi connectivity index (χ2n) is 11.3. The van der Waals surface area contributed by atoms with Crippen molar-refractivity contribution in [2.75, 3.05) is 37.4 Å². The van der Waals surface area contributed by atoms with Gasteiger partial charge in [-0.2, -0.15) is 0 Å². The molecule has 0 saturated carbocycles. The molecule has 49 heavy (non-hydrogen) atoms. The molecule has 9 nitrogen and oxygen atoms in total. The Hall–Kier alpha value is -4.48. The number of para-hydroxylation sites is 2. The van der Waals surface area contributed by atoms with Gasteiger partial charge in [0.25, 0.3) is 10.0 Å². The van der Waals surface area contributed by atoms with Crippen LogP contribution in [0.4, 0.5) is 5.69 Å². The zero-order valence-corrected chi connectivity index (χ0v) is 30.1. The van der Waals surface area contributed by atoms with Gasteiger partial charge in [0.2, 0.25) is 11.8 Å². The van der Waals surface area contributed by atoms with Crippen molar-refractivity contribution in [1.82, 2.24) is 10.2 Å². The van der Waals surface area contributed by atoms with Crippen molar-refractivity contribution >= 4 is 39.3 Å². The van der Waals surface area contributed by atoms with Crippen LogP contribution >= 0.6 is 11.8 Å². The Balaban J connectivity index is 1.84. The van der Waals surface area contributed by atoms with E-state index in [4.69, 9.17) is 9.47 Å². The van der Waals surface area contributed by atoms with Crippen molar-refractivity contribution in [2.24, 2.45) is 0 Å². The van der Waals surface area contributed by atoms with Crippen LogP contribution in [0.25, 0.3) is 0 Å². The van der Waals surface area contributed by atoms with E-state index in [0.29, 0.717) is 24.7 Å². The van der Waals surface area contributed by atoms with Crippen LogP contribution in [0.2, 0.25) is 0 Å². The number of nitrogens with zero attached hydrogens (tertiary/aromatic N) is 2. The number of methoxy groups -OCH3 is 1. The van der Waals surface area contributed by atoms with Gasteiger partial charge in [0, 0.05) is 24.4 Å². The van der Waals surface area contributed by atoms with E-state index in [0.717, 1.165) is 33.2 Å². The smallest absolute Gasteiger partial charge is 0.264 e. The third kappa shape index (κ3) is 10.0. The van der Waals surface area contributed by atoms with Crippen molar-refractivity contribution in [3.8, 4) is 11.5 Å². The van der Waals surface area contributed by atoms with E-state index in [1.165, 1.54) is 28.8 Å². The fourth-order valence-electron chi connectivity index (χ4n) is 5.36. The highest BCUT2D eigenvalue weighted by atomic mass is 32.2. The summed E-state index contributed by atoms with van der Waals surface area (Å²) in [7, 11) is -2.72. The predicted octanol–water partition coefficient (Wildman–Crippen LogP) is 6.57. The molecule has 4 aromatic rings. The molecular weight excluding hydrogens is 659 g/mol. The van der Waals surface area contributed by atoms with E-state index in [1.54, 1.807) is 55.6 Å². The number of thioether (sulfide) groups is 1. The predicted molar refractivity (Wildman–Crippen MR) is 196 cm³/mol. The molecule has 0 aromatic heterocycles. The SMILES string of the molecule is CCCCNC(=O)C(Cc1ccccc1)N(Cc1cccc(OC)c1)C(=O)CN(c1ccccc1OCC)S(=O)(=O)c1ccc(SC)cc1. The highest BCUT2D eigenvalue weighted by Crippen LogP contribution is 2.33. The van der Waals surface area contributed by atoms with Gasteiger partial charge >= 0.3 is 0 Å². The molecule has 1 atom stereocenters. The summed E-state index contributed by atoms with van der Waals surface area (Å²) in [6, 6.07) is 29.1. The quantitative estimate of drug-likeness (QED) is 0.0924. The van der Waals surface area contributed by atoms with Crippen molar-refractivity contribution in [2.45, 2.75) is 55.5 Å². The number of amides is 2. The van der Waals surface area contributed by atoms with Crippen molar-refractivity contribution in [1.29, 1.82) is 0 Å². The van der Waals surface area contributed by atoms with Crippen molar-refractivity contribution in [3.63, 3.8) is 0 Å². The first-order valence-electron chi connectivity index (χ1n) is 16.3. The molecule has 0 heterocycles. The van der Waals surface area contributed by atoms with Gasteiger partial charge < -0.3 is 19.7 Å².